The largest absolute Gasteiger partial charge is 0.490 e. The van der Waals surface area contributed by atoms with Crippen molar-refractivity contribution in [2.45, 2.75) is 19.8 Å². The van der Waals surface area contributed by atoms with Crippen LogP contribution in [0.2, 0.25) is 0 Å². The highest BCUT2D eigenvalue weighted by Crippen LogP contribution is 2.30. The van der Waals surface area contributed by atoms with Crippen LogP contribution in [-0.4, -0.2) is 37.0 Å². The molecule has 0 unspecified atom stereocenters. The monoisotopic (exact) mass is 311 g/mol. The Morgan fingerprint density at radius 1 is 1.32 bits per heavy atom. The molecule has 0 aliphatic heterocycles. The average molecular weight is 311 g/mol. The molecule has 1 rings (SSSR count). The molecule has 0 heterocycles. The van der Waals surface area contributed by atoms with Crippen molar-refractivity contribution in [3.05, 3.63) is 28.3 Å². The number of benzene rings is 1. The van der Waals surface area contributed by atoms with Crippen molar-refractivity contribution in [1.82, 2.24) is 0 Å². The highest BCUT2D eigenvalue weighted by atomic mass is 16.6. The molecule has 0 amide bonds. The third-order valence-electron chi connectivity index (χ3n) is 2.64. The summed E-state index contributed by atoms with van der Waals surface area (Å²) < 4.78 is 14.9. The summed E-state index contributed by atoms with van der Waals surface area (Å²) in [4.78, 5) is 32.3. The Morgan fingerprint density at radius 3 is 2.64 bits per heavy atom. The second kappa shape index (κ2) is 8.60. The molecule has 0 N–H and O–H groups in total. The number of ketones is 1. The van der Waals surface area contributed by atoms with Gasteiger partial charge in [-0.15, -0.1) is 0 Å². The number of nitro benzene ring substituents is 1. The molecule has 0 aliphatic carbocycles. The number of carbonyl (C=O) groups is 2. The normalized spacial score (nSPS) is 9.91. The van der Waals surface area contributed by atoms with E-state index in [1.165, 1.54) is 32.2 Å². The Kier molecular flexibility index (Phi) is 6.81. The van der Waals surface area contributed by atoms with E-state index in [0.29, 0.717) is 12.8 Å². The summed E-state index contributed by atoms with van der Waals surface area (Å²) in [7, 11) is 1.30. The zero-order chi connectivity index (χ0) is 16.5. The van der Waals surface area contributed by atoms with E-state index >= 15 is 0 Å². The molecule has 0 spiro atoms. The van der Waals surface area contributed by atoms with Crippen molar-refractivity contribution in [2.75, 3.05) is 20.3 Å². The zero-order valence-electron chi connectivity index (χ0n) is 12.4. The second-order valence-electron chi connectivity index (χ2n) is 4.41. The van der Waals surface area contributed by atoms with Crippen molar-refractivity contribution >= 4 is 17.4 Å². The topological polar surface area (TPSA) is 105 Å². The van der Waals surface area contributed by atoms with Crippen molar-refractivity contribution in [3.8, 4) is 11.5 Å². The fourth-order valence-corrected chi connectivity index (χ4v) is 1.59. The Labute approximate surface area is 127 Å². The molecule has 0 atom stereocenters. The molecule has 22 heavy (non-hydrogen) atoms. The standard InChI is InChI=1S/C14H17NO7/c1-10(16)4-3-7-21-14(17)9-22-11-5-6-12(15(18)19)13(8-11)20-2/h5-6,8H,3-4,7,9H2,1-2H3. The Hall–Kier alpha value is -2.64. The lowest BCUT2D eigenvalue weighted by molar-refractivity contribution is -0.385. The van der Waals surface area contributed by atoms with Gasteiger partial charge in [-0.1, -0.05) is 0 Å². The van der Waals surface area contributed by atoms with Crippen LogP contribution in [0.15, 0.2) is 18.2 Å². The van der Waals surface area contributed by atoms with Crippen LogP contribution in [0.1, 0.15) is 19.8 Å². The molecule has 120 valence electrons. The summed E-state index contributed by atoms with van der Waals surface area (Å²) in [6.45, 7) is 1.28. The second-order valence-corrected chi connectivity index (χ2v) is 4.41. The first-order chi connectivity index (χ1) is 10.4. The SMILES string of the molecule is COc1cc(OCC(=O)OCCCC(C)=O)ccc1[N+](=O)[O-]. The van der Waals surface area contributed by atoms with E-state index in [1.54, 1.807) is 0 Å². The van der Waals surface area contributed by atoms with Crippen LogP contribution in [0.3, 0.4) is 0 Å². The van der Waals surface area contributed by atoms with Gasteiger partial charge in [0, 0.05) is 18.6 Å². The van der Waals surface area contributed by atoms with Gasteiger partial charge in [0.2, 0.25) is 5.75 Å². The molecule has 1 aromatic carbocycles. The van der Waals surface area contributed by atoms with Crippen molar-refractivity contribution < 1.29 is 28.7 Å². The predicted molar refractivity (Wildman–Crippen MR) is 76.0 cm³/mol. The highest BCUT2D eigenvalue weighted by molar-refractivity contribution is 5.75. The molecular formula is C14H17NO7. The van der Waals surface area contributed by atoms with Crippen molar-refractivity contribution in [1.29, 1.82) is 0 Å². The minimum absolute atomic E-state index is 0.0327. The lowest BCUT2D eigenvalue weighted by Gasteiger charge is -2.08. The van der Waals surface area contributed by atoms with Crippen molar-refractivity contribution in [3.63, 3.8) is 0 Å². The molecule has 0 aromatic heterocycles. The summed E-state index contributed by atoms with van der Waals surface area (Å²) in [6.07, 6.45) is 0.820. The third kappa shape index (κ3) is 5.78. The van der Waals surface area contributed by atoms with Crippen LogP contribution >= 0.6 is 0 Å². The summed E-state index contributed by atoms with van der Waals surface area (Å²) in [5.74, 6) is -0.258. The molecule has 1 aromatic rings. The van der Waals surface area contributed by atoms with Crippen LogP contribution in [0, 0.1) is 10.1 Å². The van der Waals surface area contributed by atoms with Gasteiger partial charge in [-0.3, -0.25) is 10.1 Å². The first-order valence-corrected chi connectivity index (χ1v) is 6.54. The van der Waals surface area contributed by atoms with Crippen LogP contribution in [0.4, 0.5) is 5.69 Å². The number of esters is 1. The molecule has 8 nitrogen and oxygen atoms in total. The molecular weight excluding hydrogens is 294 g/mol. The van der Waals surface area contributed by atoms with Gasteiger partial charge in [0.05, 0.1) is 18.6 Å². The summed E-state index contributed by atoms with van der Waals surface area (Å²) >= 11 is 0. The van der Waals surface area contributed by atoms with Gasteiger partial charge in [-0.25, -0.2) is 4.79 Å². The first kappa shape index (κ1) is 17.4. The number of Topliss-reactive ketones (excluding diaryl/α,β-unsaturated/α-hetero) is 1. The van der Waals surface area contributed by atoms with Gasteiger partial charge in [0.15, 0.2) is 6.61 Å². The highest BCUT2D eigenvalue weighted by Gasteiger charge is 2.15. The number of hydrogen-bond acceptors (Lipinski definition) is 7. The minimum Gasteiger partial charge on any atom is -0.490 e. The van der Waals surface area contributed by atoms with Gasteiger partial charge in [-0.2, -0.15) is 0 Å². The summed E-state index contributed by atoms with van der Waals surface area (Å²) in [5.41, 5.74) is -0.193. The van der Waals surface area contributed by atoms with Crippen LogP contribution in [0.25, 0.3) is 0 Å². The van der Waals surface area contributed by atoms with Gasteiger partial charge in [-0.05, 0) is 19.4 Å². The molecule has 0 aliphatic rings. The average Bonchev–Trinajstić information content (AvgIpc) is 2.48. The Balaban J connectivity index is 2.45. The van der Waals surface area contributed by atoms with E-state index in [1.807, 2.05) is 0 Å². The summed E-state index contributed by atoms with van der Waals surface area (Å²) in [5, 5.41) is 10.7. The van der Waals surface area contributed by atoms with Gasteiger partial charge < -0.3 is 19.0 Å². The maximum atomic E-state index is 11.4. The molecule has 0 saturated carbocycles. The number of nitrogens with zero attached hydrogens (tertiary/aromatic N) is 1. The number of ether oxygens (including phenoxy) is 3. The molecule has 0 fully saturated rings. The van der Waals surface area contributed by atoms with E-state index < -0.39 is 10.9 Å². The quantitative estimate of drug-likeness (QED) is 0.297. The smallest absolute Gasteiger partial charge is 0.344 e. The van der Waals surface area contributed by atoms with Crippen LogP contribution in [-0.2, 0) is 14.3 Å². The van der Waals surface area contributed by atoms with Crippen LogP contribution in [0.5, 0.6) is 11.5 Å². The van der Waals surface area contributed by atoms with E-state index in [2.05, 4.69) is 0 Å². The number of hydrogen-bond donors (Lipinski definition) is 0. The fourth-order valence-electron chi connectivity index (χ4n) is 1.59. The third-order valence-corrected chi connectivity index (χ3v) is 2.64. The minimum atomic E-state index is -0.583. The van der Waals surface area contributed by atoms with Gasteiger partial charge >= 0.3 is 11.7 Å². The summed E-state index contributed by atoms with van der Waals surface area (Å²) in [6, 6.07) is 3.91. The molecule has 8 heteroatoms. The van der Waals surface area contributed by atoms with Gasteiger partial charge in [0.1, 0.15) is 11.5 Å². The van der Waals surface area contributed by atoms with Crippen molar-refractivity contribution in [2.24, 2.45) is 0 Å². The predicted octanol–water partition coefficient (Wildman–Crippen LogP) is 1.89. The number of nitro groups is 1. The molecule has 0 saturated heterocycles. The Morgan fingerprint density at radius 2 is 2.05 bits per heavy atom. The van der Waals surface area contributed by atoms with Gasteiger partial charge in [0.25, 0.3) is 0 Å². The van der Waals surface area contributed by atoms with E-state index in [4.69, 9.17) is 14.2 Å². The first-order valence-electron chi connectivity index (χ1n) is 6.54. The zero-order valence-corrected chi connectivity index (χ0v) is 12.4. The Bertz CT molecular complexity index is 556. The number of carbonyl (C=O) groups excluding carboxylic acids is 2. The fraction of sp³-hybridized carbons (Fsp3) is 0.429. The molecule has 0 bridgehead atoms. The lowest BCUT2D eigenvalue weighted by atomic mass is 10.2. The molecule has 0 radical (unpaired) electrons. The number of methoxy groups -OCH3 is 1. The lowest BCUT2D eigenvalue weighted by Crippen LogP contribution is -2.15. The van der Waals surface area contributed by atoms with E-state index in [0.717, 1.165) is 0 Å². The maximum Gasteiger partial charge on any atom is 0.344 e. The van der Waals surface area contributed by atoms with E-state index in [9.17, 15) is 19.7 Å². The van der Waals surface area contributed by atoms with E-state index in [-0.39, 0.29) is 36.2 Å². The maximum absolute atomic E-state index is 11.4. The number of rotatable bonds is 9. The van der Waals surface area contributed by atoms with Crippen LogP contribution < -0.4 is 9.47 Å².